The molecule has 18 heavy (non-hydrogen) atoms. The highest BCUT2D eigenvalue weighted by atomic mass is 16.5. The zero-order chi connectivity index (χ0) is 13.0. The summed E-state index contributed by atoms with van der Waals surface area (Å²) in [6, 6.07) is 1.48. The minimum atomic E-state index is -0.160. The molecule has 0 radical (unpaired) electrons. The third-order valence-electron chi connectivity index (χ3n) is 3.10. The van der Waals surface area contributed by atoms with Crippen molar-refractivity contribution in [3.05, 3.63) is 22.7 Å². The van der Waals surface area contributed by atoms with Crippen LogP contribution in [0.25, 0.3) is 0 Å². The van der Waals surface area contributed by atoms with Crippen LogP contribution < -0.4 is 10.5 Å². The summed E-state index contributed by atoms with van der Waals surface area (Å²) in [5.74, 6) is 0.528. The largest absolute Gasteiger partial charge is 0.466 e. The van der Waals surface area contributed by atoms with Gasteiger partial charge in [0.15, 0.2) is 0 Å². The van der Waals surface area contributed by atoms with E-state index in [1.54, 1.807) is 0 Å². The molecule has 2 rings (SSSR count). The Morgan fingerprint density at radius 2 is 2.28 bits per heavy atom. The van der Waals surface area contributed by atoms with E-state index in [2.05, 4.69) is 9.97 Å². The van der Waals surface area contributed by atoms with E-state index in [0.29, 0.717) is 12.4 Å². The minimum Gasteiger partial charge on any atom is -0.466 e. The van der Waals surface area contributed by atoms with Crippen LogP contribution in [0.1, 0.15) is 19.8 Å². The number of anilines is 1. The Morgan fingerprint density at radius 3 is 2.89 bits per heavy atom. The van der Waals surface area contributed by atoms with Gasteiger partial charge in [0.2, 0.25) is 0 Å². The molecule has 1 fully saturated rings. The first kappa shape index (κ1) is 12.6. The molecule has 0 atom stereocenters. The molecule has 0 bridgehead atoms. The first-order valence-electron chi connectivity index (χ1n) is 6.17. The van der Waals surface area contributed by atoms with Crippen LogP contribution in [0, 0.1) is 5.92 Å². The van der Waals surface area contributed by atoms with E-state index < -0.39 is 0 Å². The second kappa shape index (κ2) is 5.66. The molecule has 0 saturated carbocycles. The lowest BCUT2D eigenvalue weighted by atomic mass is 9.97. The van der Waals surface area contributed by atoms with Crippen molar-refractivity contribution >= 4 is 11.8 Å². The predicted molar refractivity (Wildman–Crippen MR) is 66.4 cm³/mol. The molecule has 6 nitrogen and oxygen atoms in total. The summed E-state index contributed by atoms with van der Waals surface area (Å²) < 4.78 is 5.01. The Balaban J connectivity index is 1.94. The molecule has 1 aliphatic heterocycles. The smallest absolute Gasteiger partial charge is 0.309 e. The Bertz CT molecular complexity index is 464. The lowest BCUT2D eigenvalue weighted by Gasteiger charge is -2.31. The maximum atomic E-state index is 11.6. The molecule has 98 valence electrons. The quantitative estimate of drug-likeness (QED) is 0.794. The van der Waals surface area contributed by atoms with Crippen LogP contribution in [0.2, 0.25) is 0 Å². The Labute approximate surface area is 105 Å². The van der Waals surface area contributed by atoms with Gasteiger partial charge < -0.3 is 14.6 Å². The van der Waals surface area contributed by atoms with Crippen molar-refractivity contribution in [2.75, 3.05) is 24.6 Å². The normalized spacial score (nSPS) is 16.6. The monoisotopic (exact) mass is 251 g/mol. The van der Waals surface area contributed by atoms with Crippen LogP contribution in [-0.2, 0) is 9.53 Å². The number of piperidine rings is 1. The van der Waals surface area contributed by atoms with Crippen molar-refractivity contribution in [3.63, 3.8) is 0 Å². The number of esters is 1. The van der Waals surface area contributed by atoms with Gasteiger partial charge in [-0.05, 0) is 19.8 Å². The average molecular weight is 251 g/mol. The van der Waals surface area contributed by atoms with E-state index in [1.807, 2.05) is 11.8 Å². The third kappa shape index (κ3) is 2.88. The number of carbonyl (C=O) groups is 1. The number of nitrogens with zero attached hydrogens (tertiary/aromatic N) is 2. The molecule has 0 amide bonds. The lowest BCUT2D eigenvalue weighted by Crippen LogP contribution is -2.37. The van der Waals surface area contributed by atoms with Gasteiger partial charge in [-0.15, -0.1) is 0 Å². The molecule has 1 aromatic rings. The zero-order valence-corrected chi connectivity index (χ0v) is 10.4. The Morgan fingerprint density at radius 1 is 1.56 bits per heavy atom. The number of carbonyl (C=O) groups excluding carboxylic acids is 1. The van der Waals surface area contributed by atoms with Crippen molar-refractivity contribution in [2.24, 2.45) is 5.92 Å². The molecule has 1 aromatic heterocycles. The molecule has 0 aromatic carbocycles. The van der Waals surface area contributed by atoms with Crippen molar-refractivity contribution in [2.45, 2.75) is 19.8 Å². The zero-order valence-electron chi connectivity index (χ0n) is 10.4. The SMILES string of the molecule is CCOC(=O)C1CCN(c2cc(=O)[nH]cn2)CC1. The number of hydrogen-bond acceptors (Lipinski definition) is 5. The molecule has 1 saturated heterocycles. The summed E-state index contributed by atoms with van der Waals surface area (Å²) in [7, 11) is 0. The summed E-state index contributed by atoms with van der Waals surface area (Å²) >= 11 is 0. The molecule has 2 heterocycles. The highest BCUT2D eigenvalue weighted by Gasteiger charge is 2.26. The van der Waals surface area contributed by atoms with Gasteiger partial charge in [-0.2, -0.15) is 0 Å². The van der Waals surface area contributed by atoms with E-state index in [9.17, 15) is 9.59 Å². The summed E-state index contributed by atoms with van der Waals surface area (Å²) in [6.07, 6.45) is 2.88. The van der Waals surface area contributed by atoms with E-state index in [1.165, 1.54) is 12.4 Å². The second-order valence-corrected chi connectivity index (χ2v) is 4.28. The standard InChI is InChI=1S/C12H17N3O3/c1-2-18-12(17)9-3-5-15(6-4-9)10-7-11(16)14-8-13-10/h7-9H,2-6H2,1H3,(H,13,14,16). The third-order valence-corrected chi connectivity index (χ3v) is 3.10. The maximum Gasteiger partial charge on any atom is 0.309 e. The van der Waals surface area contributed by atoms with Gasteiger partial charge in [-0.3, -0.25) is 9.59 Å². The number of aromatic amines is 1. The molecule has 0 unspecified atom stereocenters. The highest BCUT2D eigenvalue weighted by molar-refractivity contribution is 5.72. The van der Waals surface area contributed by atoms with Crippen LogP contribution in [0.4, 0.5) is 5.82 Å². The first-order chi connectivity index (χ1) is 8.70. The van der Waals surface area contributed by atoms with Gasteiger partial charge in [-0.25, -0.2) is 4.98 Å². The van der Waals surface area contributed by atoms with Gasteiger partial charge in [0.25, 0.3) is 5.56 Å². The number of ether oxygens (including phenoxy) is 1. The molecule has 1 N–H and O–H groups in total. The van der Waals surface area contributed by atoms with Crippen molar-refractivity contribution < 1.29 is 9.53 Å². The molecule has 1 aliphatic rings. The molecule has 0 aliphatic carbocycles. The molecular formula is C12H17N3O3. The Kier molecular flexibility index (Phi) is 3.96. The van der Waals surface area contributed by atoms with Crippen LogP contribution in [-0.4, -0.2) is 35.6 Å². The van der Waals surface area contributed by atoms with Gasteiger partial charge in [-0.1, -0.05) is 0 Å². The second-order valence-electron chi connectivity index (χ2n) is 4.28. The van der Waals surface area contributed by atoms with Crippen molar-refractivity contribution in [1.82, 2.24) is 9.97 Å². The predicted octanol–water partition coefficient (Wildman–Crippen LogP) is 0.549. The molecule has 0 spiro atoms. The number of hydrogen-bond donors (Lipinski definition) is 1. The maximum absolute atomic E-state index is 11.6. The first-order valence-corrected chi connectivity index (χ1v) is 6.17. The van der Waals surface area contributed by atoms with Crippen LogP contribution in [0.3, 0.4) is 0 Å². The van der Waals surface area contributed by atoms with E-state index in [4.69, 9.17) is 4.74 Å². The van der Waals surface area contributed by atoms with Crippen LogP contribution in [0.5, 0.6) is 0 Å². The highest BCUT2D eigenvalue weighted by Crippen LogP contribution is 2.21. The van der Waals surface area contributed by atoms with E-state index in [0.717, 1.165) is 25.9 Å². The summed E-state index contributed by atoms with van der Waals surface area (Å²) in [6.45, 7) is 3.68. The van der Waals surface area contributed by atoms with Gasteiger partial charge in [0.05, 0.1) is 18.9 Å². The number of nitrogens with one attached hydrogen (secondary N) is 1. The summed E-state index contributed by atoms with van der Waals surface area (Å²) in [5, 5.41) is 0. The van der Waals surface area contributed by atoms with Crippen LogP contribution in [0.15, 0.2) is 17.2 Å². The van der Waals surface area contributed by atoms with Crippen molar-refractivity contribution in [3.8, 4) is 0 Å². The van der Waals surface area contributed by atoms with Gasteiger partial charge >= 0.3 is 5.97 Å². The molecule has 6 heteroatoms. The average Bonchev–Trinajstić information content (AvgIpc) is 2.39. The number of aromatic nitrogens is 2. The summed E-state index contributed by atoms with van der Waals surface area (Å²) in [5.41, 5.74) is -0.160. The topological polar surface area (TPSA) is 75.3 Å². The number of rotatable bonds is 3. The number of H-pyrrole nitrogens is 1. The van der Waals surface area contributed by atoms with Crippen molar-refractivity contribution in [1.29, 1.82) is 0 Å². The van der Waals surface area contributed by atoms with Gasteiger partial charge in [0.1, 0.15) is 5.82 Å². The summed E-state index contributed by atoms with van der Waals surface area (Å²) in [4.78, 5) is 31.4. The fourth-order valence-electron chi connectivity index (χ4n) is 2.14. The fraction of sp³-hybridized carbons (Fsp3) is 0.583. The fourth-order valence-corrected chi connectivity index (χ4v) is 2.14. The van der Waals surface area contributed by atoms with E-state index in [-0.39, 0.29) is 17.4 Å². The molecular weight excluding hydrogens is 234 g/mol. The van der Waals surface area contributed by atoms with Gasteiger partial charge in [0, 0.05) is 19.2 Å². The van der Waals surface area contributed by atoms with E-state index >= 15 is 0 Å². The lowest BCUT2D eigenvalue weighted by molar-refractivity contribution is -0.148. The van der Waals surface area contributed by atoms with Crippen LogP contribution >= 0.6 is 0 Å². The minimum absolute atomic E-state index is 0.0248. The Hall–Kier alpha value is -1.85.